The fourth-order valence-electron chi connectivity index (χ4n) is 1.78. The number of hydrogen-bond acceptors (Lipinski definition) is 6. The molecule has 114 valence electrons. The van der Waals surface area contributed by atoms with E-state index in [1.165, 1.54) is 6.20 Å². The molecule has 0 spiro atoms. The van der Waals surface area contributed by atoms with E-state index in [9.17, 15) is 8.42 Å². The lowest BCUT2D eigenvalue weighted by Gasteiger charge is -2.15. The molecule has 21 heavy (non-hydrogen) atoms. The summed E-state index contributed by atoms with van der Waals surface area (Å²) in [5.41, 5.74) is 1.73. The number of hydrogen-bond donors (Lipinski definition) is 1. The zero-order valence-corrected chi connectivity index (χ0v) is 12.8. The molecule has 0 amide bonds. The molecule has 1 N–H and O–H groups in total. The molecule has 2 aromatic rings. The van der Waals surface area contributed by atoms with E-state index >= 15 is 0 Å². The third-order valence-corrected chi connectivity index (χ3v) is 4.43. The van der Waals surface area contributed by atoms with E-state index in [2.05, 4.69) is 19.7 Å². The first kappa shape index (κ1) is 15.6. The molecule has 0 fully saturated rings. The number of aryl methyl sites for hydroxylation is 1. The van der Waals surface area contributed by atoms with Gasteiger partial charge in [0.1, 0.15) is 5.69 Å². The van der Waals surface area contributed by atoms with Crippen molar-refractivity contribution in [1.82, 2.24) is 19.9 Å². The summed E-state index contributed by atoms with van der Waals surface area (Å²) in [6.07, 6.45) is 1.53. The van der Waals surface area contributed by atoms with Crippen LogP contribution < -0.4 is 4.72 Å². The Morgan fingerprint density at radius 1 is 1.29 bits per heavy atom. The summed E-state index contributed by atoms with van der Waals surface area (Å²) in [7, 11) is -1.59. The monoisotopic (exact) mass is 310 g/mol. The zero-order valence-electron chi connectivity index (χ0n) is 12.0. The zero-order chi connectivity index (χ0) is 15.3. The molecule has 1 aromatic carbocycles. The Hall–Kier alpha value is -1.77. The minimum absolute atomic E-state index is 0.274. The van der Waals surface area contributed by atoms with Gasteiger partial charge in [-0.1, -0.05) is 28.0 Å². The standard InChI is InChI=1S/C13H18N4O3S/c1-11-3-5-13(6-4-11)21(18,19)15-7-8-17(2)10-12-9-14-20-16-12/h3-6,9,15H,7-8,10H2,1-2H3. The van der Waals surface area contributed by atoms with Gasteiger partial charge in [-0.15, -0.1) is 0 Å². The van der Waals surface area contributed by atoms with E-state index in [1.54, 1.807) is 24.3 Å². The van der Waals surface area contributed by atoms with E-state index in [-0.39, 0.29) is 4.90 Å². The van der Waals surface area contributed by atoms with Crippen molar-refractivity contribution in [1.29, 1.82) is 0 Å². The third kappa shape index (κ3) is 4.62. The number of sulfonamides is 1. The fraction of sp³-hybridized carbons (Fsp3) is 0.385. The van der Waals surface area contributed by atoms with Crippen LogP contribution >= 0.6 is 0 Å². The van der Waals surface area contributed by atoms with E-state index in [0.717, 1.165) is 5.56 Å². The average Bonchev–Trinajstić information content (AvgIpc) is 2.91. The van der Waals surface area contributed by atoms with Crippen LogP contribution in [0.3, 0.4) is 0 Å². The molecular weight excluding hydrogens is 292 g/mol. The van der Waals surface area contributed by atoms with Crippen LogP contribution in [0, 0.1) is 6.92 Å². The molecule has 0 aliphatic carbocycles. The van der Waals surface area contributed by atoms with Crippen LogP contribution in [0.15, 0.2) is 40.0 Å². The highest BCUT2D eigenvalue weighted by Crippen LogP contribution is 2.09. The summed E-state index contributed by atoms with van der Waals surface area (Å²) in [4.78, 5) is 2.20. The van der Waals surface area contributed by atoms with Crippen molar-refractivity contribution in [3.63, 3.8) is 0 Å². The third-order valence-electron chi connectivity index (χ3n) is 2.96. The molecule has 2 rings (SSSR count). The second kappa shape index (κ2) is 6.79. The summed E-state index contributed by atoms with van der Waals surface area (Å²) in [5.74, 6) is 0. The first-order chi connectivity index (χ1) is 9.97. The van der Waals surface area contributed by atoms with Gasteiger partial charge in [0.05, 0.1) is 11.1 Å². The number of rotatable bonds is 7. The first-order valence-electron chi connectivity index (χ1n) is 6.49. The maximum atomic E-state index is 12.1. The van der Waals surface area contributed by atoms with Crippen molar-refractivity contribution in [3.8, 4) is 0 Å². The Morgan fingerprint density at radius 2 is 2.00 bits per heavy atom. The maximum Gasteiger partial charge on any atom is 0.240 e. The van der Waals surface area contributed by atoms with Crippen molar-refractivity contribution >= 4 is 10.0 Å². The van der Waals surface area contributed by atoms with Crippen LogP contribution in [-0.4, -0.2) is 43.8 Å². The Morgan fingerprint density at radius 3 is 2.62 bits per heavy atom. The van der Waals surface area contributed by atoms with Crippen LogP contribution in [-0.2, 0) is 16.6 Å². The summed E-state index contributed by atoms with van der Waals surface area (Å²) in [5, 5.41) is 7.22. The molecule has 0 bridgehead atoms. The van der Waals surface area contributed by atoms with E-state index in [4.69, 9.17) is 0 Å². The molecule has 0 atom stereocenters. The molecule has 1 heterocycles. The lowest BCUT2D eigenvalue weighted by atomic mass is 10.2. The summed E-state index contributed by atoms with van der Waals surface area (Å²) < 4.78 is 31.2. The van der Waals surface area contributed by atoms with Crippen LogP contribution in [0.2, 0.25) is 0 Å². The van der Waals surface area contributed by atoms with E-state index < -0.39 is 10.0 Å². The van der Waals surface area contributed by atoms with Crippen LogP contribution in [0.1, 0.15) is 11.3 Å². The van der Waals surface area contributed by atoms with Crippen molar-refractivity contribution in [2.45, 2.75) is 18.4 Å². The number of nitrogens with one attached hydrogen (secondary N) is 1. The molecule has 0 saturated heterocycles. The SMILES string of the molecule is Cc1ccc(S(=O)(=O)NCCN(C)Cc2cnon2)cc1. The topological polar surface area (TPSA) is 88.3 Å². The molecule has 0 saturated carbocycles. The summed E-state index contributed by atoms with van der Waals surface area (Å²) >= 11 is 0. The first-order valence-corrected chi connectivity index (χ1v) is 7.97. The van der Waals surface area contributed by atoms with Crippen LogP contribution in [0.4, 0.5) is 0 Å². The molecular formula is C13H18N4O3S. The number of nitrogens with zero attached hydrogens (tertiary/aromatic N) is 3. The number of likely N-dealkylation sites (N-methyl/N-ethyl adjacent to an activating group) is 1. The van der Waals surface area contributed by atoms with Crippen molar-refractivity contribution in [3.05, 3.63) is 41.7 Å². The molecule has 0 radical (unpaired) electrons. The van der Waals surface area contributed by atoms with Crippen LogP contribution in [0.25, 0.3) is 0 Å². The Balaban J connectivity index is 1.83. The molecule has 1 aromatic heterocycles. The lowest BCUT2D eigenvalue weighted by Crippen LogP contribution is -2.32. The predicted molar refractivity (Wildman–Crippen MR) is 77.0 cm³/mol. The molecule has 0 aliphatic rings. The van der Waals surface area contributed by atoms with Crippen molar-refractivity contribution in [2.24, 2.45) is 0 Å². The average molecular weight is 310 g/mol. The van der Waals surface area contributed by atoms with Gasteiger partial charge >= 0.3 is 0 Å². The van der Waals surface area contributed by atoms with Gasteiger partial charge in [0, 0.05) is 19.6 Å². The molecule has 7 nitrogen and oxygen atoms in total. The fourth-order valence-corrected chi connectivity index (χ4v) is 2.80. The quantitative estimate of drug-likeness (QED) is 0.813. The van der Waals surface area contributed by atoms with Gasteiger partial charge in [0.2, 0.25) is 10.0 Å². The van der Waals surface area contributed by atoms with Gasteiger partial charge in [-0.3, -0.25) is 4.90 Å². The van der Waals surface area contributed by atoms with Gasteiger partial charge in [-0.25, -0.2) is 17.8 Å². The second-order valence-electron chi connectivity index (χ2n) is 4.85. The Bertz CT molecular complexity index is 653. The van der Waals surface area contributed by atoms with Gasteiger partial charge in [0.15, 0.2) is 0 Å². The number of benzene rings is 1. The van der Waals surface area contributed by atoms with Gasteiger partial charge in [-0.2, -0.15) is 0 Å². The van der Waals surface area contributed by atoms with Crippen molar-refractivity contribution in [2.75, 3.05) is 20.1 Å². The molecule has 8 heteroatoms. The minimum atomic E-state index is -3.46. The number of aromatic nitrogens is 2. The summed E-state index contributed by atoms with van der Waals surface area (Å²) in [6.45, 7) is 3.34. The second-order valence-corrected chi connectivity index (χ2v) is 6.61. The highest BCUT2D eigenvalue weighted by molar-refractivity contribution is 7.89. The predicted octanol–water partition coefficient (Wildman–Crippen LogP) is 0.788. The largest absolute Gasteiger partial charge is 0.299 e. The minimum Gasteiger partial charge on any atom is -0.299 e. The highest BCUT2D eigenvalue weighted by Gasteiger charge is 2.13. The van der Waals surface area contributed by atoms with Gasteiger partial charge in [0.25, 0.3) is 0 Å². The normalized spacial score (nSPS) is 12.0. The van der Waals surface area contributed by atoms with E-state index in [1.807, 2.05) is 18.9 Å². The molecule has 0 unspecified atom stereocenters. The summed E-state index contributed by atoms with van der Waals surface area (Å²) in [6, 6.07) is 6.75. The smallest absolute Gasteiger partial charge is 0.240 e. The molecule has 0 aliphatic heterocycles. The van der Waals surface area contributed by atoms with E-state index in [0.29, 0.717) is 25.3 Å². The highest BCUT2D eigenvalue weighted by atomic mass is 32.2. The van der Waals surface area contributed by atoms with Gasteiger partial charge < -0.3 is 0 Å². The van der Waals surface area contributed by atoms with Crippen LogP contribution in [0.5, 0.6) is 0 Å². The Labute approximate surface area is 124 Å². The lowest BCUT2D eigenvalue weighted by molar-refractivity contribution is 0.284. The maximum absolute atomic E-state index is 12.1. The van der Waals surface area contributed by atoms with Crippen molar-refractivity contribution < 1.29 is 13.0 Å². The van der Waals surface area contributed by atoms with Gasteiger partial charge in [-0.05, 0) is 26.1 Å². The Kier molecular flexibility index (Phi) is 5.05.